The molecule has 0 radical (unpaired) electrons. The van der Waals surface area contributed by atoms with Crippen molar-refractivity contribution in [3.63, 3.8) is 0 Å². The van der Waals surface area contributed by atoms with Crippen molar-refractivity contribution in [2.75, 3.05) is 26.2 Å². The molecule has 1 fully saturated rings. The van der Waals surface area contributed by atoms with Crippen molar-refractivity contribution in [1.82, 2.24) is 10.2 Å². The van der Waals surface area contributed by atoms with E-state index in [1.54, 1.807) is 12.1 Å². The standard InChI is InChI=1S/C14H18ClFN2.ClH/c1-2-3-14(18-8-6-17-7-9-18)11-4-5-12(15)13(16)10-11;/h2,4-5,10,14,17H,1,3,6-9H2;1H/t14-;/m0./s1. The maximum Gasteiger partial charge on any atom is 0.142 e. The van der Waals surface area contributed by atoms with E-state index < -0.39 is 0 Å². The summed E-state index contributed by atoms with van der Waals surface area (Å²) >= 11 is 5.73. The van der Waals surface area contributed by atoms with Gasteiger partial charge in [-0.1, -0.05) is 23.7 Å². The Labute approximate surface area is 125 Å². The molecule has 1 aliphatic rings. The lowest BCUT2D eigenvalue weighted by Crippen LogP contribution is -2.45. The van der Waals surface area contributed by atoms with E-state index in [1.807, 2.05) is 12.1 Å². The molecule has 0 aromatic heterocycles. The SMILES string of the molecule is C=CC[C@@H](c1ccc(Cl)c(F)c1)N1CCNCC1.Cl. The molecular formula is C14H19Cl2FN2. The van der Waals surface area contributed by atoms with E-state index in [1.165, 1.54) is 0 Å². The molecule has 0 unspecified atom stereocenters. The minimum Gasteiger partial charge on any atom is -0.314 e. The molecule has 1 N–H and O–H groups in total. The Morgan fingerprint density at radius 1 is 1.42 bits per heavy atom. The van der Waals surface area contributed by atoms with Gasteiger partial charge < -0.3 is 5.32 Å². The zero-order valence-electron chi connectivity index (χ0n) is 10.7. The van der Waals surface area contributed by atoms with Gasteiger partial charge in [-0.05, 0) is 24.1 Å². The molecule has 106 valence electrons. The number of nitrogens with zero attached hydrogens (tertiary/aromatic N) is 1. The summed E-state index contributed by atoms with van der Waals surface area (Å²) < 4.78 is 13.6. The van der Waals surface area contributed by atoms with Gasteiger partial charge in [0.2, 0.25) is 0 Å². The van der Waals surface area contributed by atoms with E-state index in [0.717, 1.165) is 38.2 Å². The molecular weight excluding hydrogens is 286 g/mol. The first-order chi connectivity index (χ1) is 8.72. The molecule has 0 amide bonds. The lowest BCUT2D eigenvalue weighted by molar-refractivity contribution is 0.174. The average Bonchev–Trinajstić information content (AvgIpc) is 2.40. The molecule has 1 aromatic rings. The van der Waals surface area contributed by atoms with Crippen molar-refractivity contribution >= 4 is 24.0 Å². The van der Waals surface area contributed by atoms with Crippen molar-refractivity contribution in [2.45, 2.75) is 12.5 Å². The molecule has 0 saturated carbocycles. The number of benzene rings is 1. The maximum absolute atomic E-state index is 13.6. The van der Waals surface area contributed by atoms with Crippen LogP contribution in [-0.4, -0.2) is 31.1 Å². The fourth-order valence-corrected chi connectivity index (χ4v) is 2.48. The number of rotatable bonds is 4. The fourth-order valence-electron chi connectivity index (χ4n) is 2.37. The number of hydrogen-bond donors (Lipinski definition) is 1. The summed E-state index contributed by atoms with van der Waals surface area (Å²) in [6, 6.07) is 5.27. The molecule has 1 atom stereocenters. The maximum atomic E-state index is 13.6. The van der Waals surface area contributed by atoms with E-state index in [0.29, 0.717) is 0 Å². The Bertz CT molecular complexity index is 420. The summed E-state index contributed by atoms with van der Waals surface area (Å²) in [6.45, 7) is 7.70. The highest BCUT2D eigenvalue weighted by Crippen LogP contribution is 2.27. The van der Waals surface area contributed by atoms with Crippen LogP contribution in [0.4, 0.5) is 4.39 Å². The molecule has 1 saturated heterocycles. The normalized spacial score (nSPS) is 17.6. The van der Waals surface area contributed by atoms with Gasteiger partial charge in [0, 0.05) is 32.2 Å². The molecule has 2 rings (SSSR count). The molecule has 19 heavy (non-hydrogen) atoms. The van der Waals surface area contributed by atoms with E-state index in [4.69, 9.17) is 11.6 Å². The third kappa shape index (κ3) is 4.18. The highest BCUT2D eigenvalue weighted by Gasteiger charge is 2.21. The second-order valence-corrected chi connectivity index (χ2v) is 4.91. The number of piperazine rings is 1. The largest absolute Gasteiger partial charge is 0.314 e. The molecule has 0 bridgehead atoms. The van der Waals surface area contributed by atoms with Crippen molar-refractivity contribution in [3.8, 4) is 0 Å². The van der Waals surface area contributed by atoms with Crippen LogP contribution >= 0.6 is 24.0 Å². The monoisotopic (exact) mass is 304 g/mol. The number of hydrogen-bond acceptors (Lipinski definition) is 2. The van der Waals surface area contributed by atoms with Gasteiger partial charge in [-0.25, -0.2) is 4.39 Å². The van der Waals surface area contributed by atoms with Gasteiger partial charge >= 0.3 is 0 Å². The van der Waals surface area contributed by atoms with Crippen molar-refractivity contribution in [2.24, 2.45) is 0 Å². The lowest BCUT2D eigenvalue weighted by Gasteiger charge is -2.34. The van der Waals surface area contributed by atoms with Crippen LogP contribution in [0.3, 0.4) is 0 Å². The van der Waals surface area contributed by atoms with Gasteiger partial charge in [-0.15, -0.1) is 19.0 Å². The van der Waals surface area contributed by atoms with Crippen molar-refractivity contribution < 1.29 is 4.39 Å². The first-order valence-corrected chi connectivity index (χ1v) is 6.61. The summed E-state index contributed by atoms with van der Waals surface area (Å²) in [6.07, 6.45) is 2.71. The molecule has 1 aliphatic heterocycles. The van der Waals surface area contributed by atoms with E-state index >= 15 is 0 Å². The lowest BCUT2D eigenvalue weighted by atomic mass is 10.0. The molecule has 5 heteroatoms. The summed E-state index contributed by atoms with van der Waals surface area (Å²) in [7, 11) is 0. The first-order valence-electron chi connectivity index (χ1n) is 6.23. The highest BCUT2D eigenvalue weighted by atomic mass is 35.5. The summed E-state index contributed by atoms with van der Waals surface area (Å²) in [5.74, 6) is -0.349. The van der Waals surface area contributed by atoms with Gasteiger partial charge in [0.05, 0.1) is 5.02 Å². The number of halogens is 3. The van der Waals surface area contributed by atoms with Crippen LogP contribution < -0.4 is 5.32 Å². The molecule has 1 aromatic carbocycles. The minimum atomic E-state index is -0.349. The third-order valence-electron chi connectivity index (χ3n) is 3.31. The quantitative estimate of drug-likeness (QED) is 0.858. The van der Waals surface area contributed by atoms with Gasteiger partial charge in [0.1, 0.15) is 5.82 Å². The predicted octanol–water partition coefficient (Wildman–Crippen LogP) is 3.42. The van der Waals surface area contributed by atoms with Gasteiger partial charge in [0.15, 0.2) is 0 Å². The van der Waals surface area contributed by atoms with E-state index in [-0.39, 0.29) is 29.3 Å². The number of nitrogens with one attached hydrogen (secondary N) is 1. The summed E-state index contributed by atoms with van der Waals surface area (Å²) in [5.41, 5.74) is 0.971. The van der Waals surface area contributed by atoms with Gasteiger partial charge in [-0.2, -0.15) is 0 Å². The van der Waals surface area contributed by atoms with Gasteiger partial charge in [0.25, 0.3) is 0 Å². The van der Waals surface area contributed by atoms with Crippen molar-refractivity contribution in [1.29, 1.82) is 0 Å². The molecule has 0 aliphatic carbocycles. The zero-order valence-corrected chi connectivity index (χ0v) is 12.3. The van der Waals surface area contributed by atoms with Crippen molar-refractivity contribution in [3.05, 3.63) is 47.3 Å². The van der Waals surface area contributed by atoms with Crippen LogP contribution in [0.5, 0.6) is 0 Å². The first kappa shape index (κ1) is 16.4. The second kappa shape index (κ2) is 7.85. The molecule has 1 heterocycles. The Hall–Kier alpha value is -0.610. The smallest absolute Gasteiger partial charge is 0.142 e. The second-order valence-electron chi connectivity index (χ2n) is 4.50. The molecule has 2 nitrogen and oxygen atoms in total. The van der Waals surface area contributed by atoms with E-state index in [9.17, 15) is 4.39 Å². The third-order valence-corrected chi connectivity index (χ3v) is 3.62. The van der Waals surface area contributed by atoms with Crippen LogP contribution in [0.15, 0.2) is 30.9 Å². The van der Waals surface area contributed by atoms with E-state index in [2.05, 4.69) is 16.8 Å². The van der Waals surface area contributed by atoms with Crippen LogP contribution in [-0.2, 0) is 0 Å². The van der Waals surface area contributed by atoms with Crippen LogP contribution in [0.1, 0.15) is 18.0 Å². The minimum absolute atomic E-state index is 0. The Morgan fingerprint density at radius 2 is 2.11 bits per heavy atom. The highest BCUT2D eigenvalue weighted by molar-refractivity contribution is 6.30. The predicted molar refractivity (Wildman–Crippen MR) is 80.7 cm³/mol. The van der Waals surface area contributed by atoms with Crippen LogP contribution in [0, 0.1) is 5.82 Å². The Balaban J connectivity index is 0.00000180. The fraction of sp³-hybridized carbons (Fsp3) is 0.429. The zero-order chi connectivity index (χ0) is 13.0. The Kier molecular flexibility index (Phi) is 6.80. The van der Waals surface area contributed by atoms with Crippen LogP contribution in [0.25, 0.3) is 0 Å². The topological polar surface area (TPSA) is 15.3 Å². The Morgan fingerprint density at radius 3 is 2.68 bits per heavy atom. The summed E-state index contributed by atoms with van der Waals surface area (Å²) in [4.78, 5) is 2.36. The summed E-state index contributed by atoms with van der Waals surface area (Å²) in [5, 5.41) is 3.50. The van der Waals surface area contributed by atoms with Gasteiger partial charge in [-0.3, -0.25) is 4.90 Å². The van der Waals surface area contributed by atoms with Crippen LogP contribution in [0.2, 0.25) is 5.02 Å². The molecule has 0 spiro atoms. The average molecular weight is 305 g/mol.